The van der Waals surface area contributed by atoms with Crippen LogP contribution in [-0.4, -0.2) is 16.6 Å². The van der Waals surface area contributed by atoms with Gasteiger partial charge >= 0.3 is 0 Å². The van der Waals surface area contributed by atoms with Gasteiger partial charge in [0.25, 0.3) is 0 Å². The highest BCUT2D eigenvalue weighted by Crippen LogP contribution is 2.23. The molecule has 3 heteroatoms. The molecule has 1 aromatic heterocycles. The number of pyridine rings is 1. The predicted octanol–water partition coefficient (Wildman–Crippen LogP) is 3.08. The molecule has 0 saturated heterocycles. The van der Waals surface area contributed by atoms with Crippen LogP contribution in [-0.2, 0) is 0 Å². The predicted molar refractivity (Wildman–Crippen MR) is 77.8 cm³/mol. The lowest BCUT2D eigenvalue weighted by Crippen LogP contribution is -2.47. The van der Waals surface area contributed by atoms with Gasteiger partial charge in [-0.1, -0.05) is 18.2 Å². The fraction of sp³-hybridized carbons (Fsp3) is 0.400. The van der Waals surface area contributed by atoms with Crippen LogP contribution >= 0.6 is 0 Å². The molecule has 1 aromatic carbocycles. The van der Waals surface area contributed by atoms with E-state index in [1.165, 1.54) is 5.39 Å². The summed E-state index contributed by atoms with van der Waals surface area (Å²) in [5.41, 5.74) is 7.96. The summed E-state index contributed by atoms with van der Waals surface area (Å²) in [6, 6.07) is 10.3. The zero-order valence-electron chi connectivity index (χ0n) is 11.5. The summed E-state index contributed by atoms with van der Waals surface area (Å²) < 4.78 is 0. The maximum Gasteiger partial charge on any atom is 0.130 e. The first kappa shape index (κ1) is 12.8. The lowest BCUT2D eigenvalue weighted by atomic mass is 9.96. The van der Waals surface area contributed by atoms with E-state index in [0.29, 0.717) is 0 Å². The average Bonchev–Trinajstić information content (AvgIpc) is 2.29. The van der Waals surface area contributed by atoms with E-state index in [2.05, 4.69) is 43.2 Å². The van der Waals surface area contributed by atoms with Gasteiger partial charge in [-0.15, -0.1) is 0 Å². The van der Waals surface area contributed by atoms with Crippen LogP contribution in [0.4, 0.5) is 5.82 Å². The molecule has 2 aromatic rings. The lowest BCUT2D eigenvalue weighted by molar-refractivity contribution is 0.469. The van der Waals surface area contributed by atoms with Gasteiger partial charge in [0, 0.05) is 17.0 Å². The van der Waals surface area contributed by atoms with Gasteiger partial charge < -0.3 is 11.1 Å². The molecule has 0 fully saturated rings. The number of fused-ring (bicyclic) bond motifs is 1. The minimum absolute atomic E-state index is 0.0465. The Morgan fingerprint density at radius 3 is 2.61 bits per heavy atom. The SMILES string of the molecule is Cc1cc2ccccc2nc1NC(C)(C)C(C)N. The van der Waals surface area contributed by atoms with Crippen LogP contribution in [0.1, 0.15) is 26.3 Å². The number of aryl methyl sites for hydroxylation is 1. The van der Waals surface area contributed by atoms with Crippen molar-refractivity contribution in [3.8, 4) is 0 Å². The second-order valence-corrected chi connectivity index (χ2v) is 5.48. The quantitative estimate of drug-likeness (QED) is 0.871. The van der Waals surface area contributed by atoms with E-state index >= 15 is 0 Å². The molecule has 1 atom stereocenters. The summed E-state index contributed by atoms with van der Waals surface area (Å²) in [5.74, 6) is 0.913. The molecule has 0 amide bonds. The largest absolute Gasteiger partial charge is 0.363 e. The Morgan fingerprint density at radius 1 is 1.28 bits per heavy atom. The normalized spacial score (nSPS) is 13.6. The fourth-order valence-electron chi connectivity index (χ4n) is 1.77. The van der Waals surface area contributed by atoms with Gasteiger partial charge in [0.05, 0.1) is 5.52 Å². The Morgan fingerprint density at radius 2 is 1.94 bits per heavy atom. The molecule has 0 spiro atoms. The van der Waals surface area contributed by atoms with Crippen molar-refractivity contribution in [2.24, 2.45) is 5.73 Å². The van der Waals surface area contributed by atoms with Crippen molar-refractivity contribution in [2.75, 3.05) is 5.32 Å². The molecule has 1 heterocycles. The Bertz CT molecular complexity index is 559. The summed E-state index contributed by atoms with van der Waals surface area (Å²) in [6.45, 7) is 8.25. The third-order valence-corrected chi connectivity index (χ3v) is 3.49. The van der Waals surface area contributed by atoms with Crippen LogP contribution in [0.25, 0.3) is 10.9 Å². The van der Waals surface area contributed by atoms with E-state index in [1.54, 1.807) is 0 Å². The third kappa shape index (κ3) is 2.46. The van der Waals surface area contributed by atoms with E-state index < -0.39 is 0 Å². The molecule has 96 valence electrons. The molecular weight excluding hydrogens is 222 g/mol. The molecule has 3 nitrogen and oxygen atoms in total. The fourth-order valence-corrected chi connectivity index (χ4v) is 1.77. The third-order valence-electron chi connectivity index (χ3n) is 3.49. The van der Waals surface area contributed by atoms with Gasteiger partial charge in [-0.3, -0.25) is 0 Å². The van der Waals surface area contributed by atoms with Crippen LogP contribution in [0.5, 0.6) is 0 Å². The zero-order valence-corrected chi connectivity index (χ0v) is 11.5. The lowest BCUT2D eigenvalue weighted by Gasteiger charge is -2.31. The first-order valence-electron chi connectivity index (χ1n) is 6.30. The molecule has 18 heavy (non-hydrogen) atoms. The molecule has 0 radical (unpaired) electrons. The average molecular weight is 243 g/mol. The van der Waals surface area contributed by atoms with Crippen LogP contribution in [0, 0.1) is 6.92 Å². The highest BCUT2D eigenvalue weighted by Gasteiger charge is 2.23. The van der Waals surface area contributed by atoms with Gasteiger partial charge in [-0.25, -0.2) is 4.98 Å². The molecule has 0 saturated carbocycles. The van der Waals surface area contributed by atoms with Gasteiger partial charge in [0.2, 0.25) is 0 Å². The number of nitrogens with two attached hydrogens (primary N) is 1. The van der Waals surface area contributed by atoms with E-state index in [4.69, 9.17) is 5.73 Å². The van der Waals surface area contributed by atoms with Crippen molar-refractivity contribution >= 4 is 16.7 Å². The first-order chi connectivity index (χ1) is 8.40. The van der Waals surface area contributed by atoms with E-state index in [1.807, 2.05) is 25.1 Å². The monoisotopic (exact) mass is 243 g/mol. The van der Waals surface area contributed by atoms with E-state index in [0.717, 1.165) is 16.9 Å². The number of para-hydroxylation sites is 1. The molecule has 0 aliphatic heterocycles. The number of anilines is 1. The molecule has 1 unspecified atom stereocenters. The Hall–Kier alpha value is -1.61. The number of benzene rings is 1. The number of nitrogens with one attached hydrogen (secondary N) is 1. The molecule has 3 N–H and O–H groups in total. The van der Waals surface area contributed by atoms with Gasteiger partial charge in [-0.05, 0) is 45.4 Å². The van der Waals surface area contributed by atoms with Crippen molar-refractivity contribution in [2.45, 2.75) is 39.3 Å². The van der Waals surface area contributed by atoms with Crippen molar-refractivity contribution in [3.05, 3.63) is 35.9 Å². The second kappa shape index (κ2) is 4.58. The van der Waals surface area contributed by atoms with Gasteiger partial charge in [0.15, 0.2) is 0 Å². The molecule has 0 bridgehead atoms. The smallest absolute Gasteiger partial charge is 0.130 e. The maximum atomic E-state index is 5.99. The summed E-state index contributed by atoms with van der Waals surface area (Å²) in [7, 11) is 0. The van der Waals surface area contributed by atoms with Crippen molar-refractivity contribution in [1.82, 2.24) is 4.98 Å². The van der Waals surface area contributed by atoms with Crippen molar-refractivity contribution < 1.29 is 0 Å². The minimum Gasteiger partial charge on any atom is -0.363 e. The zero-order chi connectivity index (χ0) is 13.3. The maximum absolute atomic E-state index is 5.99. The second-order valence-electron chi connectivity index (χ2n) is 5.48. The Labute approximate surface area is 108 Å². The van der Waals surface area contributed by atoms with Crippen LogP contribution in [0.3, 0.4) is 0 Å². The summed E-state index contributed by atoms with van der Waals surface area (Å²) in [5, 5.41) is 4.61. The highest BCUT2D eigenvalue weighted by atomic mass is 15.1. The minimum atomic E-state index is -0.180. The molecule has 0 aliphatic carbocycles. The van der Waals surface area contributed by atoms with E-state index in [9.17, 15) is 0 Å². The summed E-state index contributed by atoms with van der Waals surface area (Å²) >= 11 is 0. The number of aromatic nitrogens is 1. The highest BCUT2D eigenvalue weighted by molar-refractivity contribution is 5.81. The number of rotatable bonds is 3. The molecule has 2 rings (SSSR count). The number of hydrogen-bond acceptors (Lipinski definition) is 3. The Balaban J connectivity index is 2.42. The Kier molecular flexibility index (Phi) is 3.26. The van der Waals surface area contributed by atoms with Crippen molar-refractivity contribution in [1.29, 1.82) is 0 Å². The van der Waals surface area contributed by atoms with Crippen LogP contribution in [0.15, 0.2) is 30.3 Å². The summed E-state index contributed by atoms with van der Waals surface area (Å²) in [6.07, 6.45) is 0. The van der Waals surface area contributed by atoms with Crippen LogP contribution < -0.4 is 11.1 Å². The number of nitrogens with zero attached hydrogens (tertiary/aromatic N) is 1. The van der Waals surface area contributed by atoms with Gasteiger partial charge in [0.1, 0.15) is 5.82 Å². The first-order valence-corrected chi connectivity index (χ1v) is 6.30. The number of hydrogen-bond donors (Lipinski definition) is 2. The molecular formula is C15H21N3. The van der Waals surface area contributed by atoms with Crippen LogP contribution in [0.2, 0.25) is 0 Å². The van der Waals surface area contributed by atoms with E-state index in [-0.39, 0.29) is 11.6 Å². The van der Waals surface area contributed by atoms with Crippen molar-refractivity contribution in [3.63, 3.8) is 0 Å². The summed E-state index contributed by atoms with van der Waals surface area (Å²) in [4.78, 5) is 4.68. The standard InChI is InChI=1S/C15H21N3/c1-10-9-12-7-5-6-8-13(12)17-14(10)18-15(3,4)11(2)16/h5-9,11H,16H2,1-4H3,(H,17,18). The topological polar surface area (TPSA) is 50.9 Å². The molecule has 0 aliphatic rings. The van der Waals surface area contributed by atoms with Gasteiger partial charge in [-0.2, -0.15) is 0 Å².